The van der Waals surface area contributed by atoms with E-state index in [4.69, 9.17) is 21.4 Å². The monoisotopic (exact) mass is 515 g/mol. The van der Waals surface area contributed by atoms with E-state index in [-0.39, 0.29) is 31.6 Å². The van der Waals surface area contributed by atoms with Crippen LogP contribution in [-0.2, 0) is 16.1 Å². The van der Waals surface area contributed by atoms with Gasteiger partial charge >= 0.3 is 0 Å². The number of hydrogen-bond donors (Lipinski definition) is 4. The second-order valence-electron chi connectivity index (χ2n) is 8.41. The number of para-hydroxylation sites is 2. The molecule has 0 unspecified atom stereocenters. The predicted molar refractivity (Wildman–Crippen MR) is 138 cm³/mol. The molecule has 0 aliphatic carbocycles. The van der Waals surface area contributed by atoms with Crippen molar-refractivity contribution in [2.24, 2.45) is 11.5 Å². The molecule has 0 aliphatic rings. The fraction of sp³-hybridized carbons (Fsp3) is 0.240. The number of nitrogens with one attached hydrogen (secondary N) is 2. The van der Waals surface area contributed by atoms with Crippen LogP contribution in [0.15, 0.2) is 53.2 Å². The quantitative estimate of drug-likeness (QED) is 0.159. The average molecular weight is 516 g/mol. The van der Waals surface area contributed by atoms with E-state index in [0.717, 1.165) is 5.52 Å². The molecular formula is C25H25N9O4. The first-order valence-corrected chi connectivity index (χ1v) is 11.7. The number of amides is 2. The Morgan fingerprint density at radius 1 is 1.11 bits per heavy atom. The summed E-state index contributed by atoms with van der Waals surface area (Å²) >= 11 is 0. The summed E-state index contributed by atoms with van der Waals surface area (Å²) in [5.41, 5.74) is 13.5. The van der Waals surface area contributed by atoms with E-state index in [1.807, 2.05) is 30.3 Å². The lowest BCUT2D eigenvalue weighted by Gasteiger charge is -2.12. The van der Waals surface area contributed by atoms with Crippen LogP contribution in [0.1, 0.15) is 29.6 Å². The number of rotatable bonds is 12. The summed E-state index contributed by atoms with van der Waals surface area (Å²) in [6.07, 6.45) is 0.404. The molecule has 4 rings (SSSR count). The lowest BCUT2D eigenvalue weighted by Crippen LogP contribution is -2.36. The van der Waals surface area contributed by atoms with E-state index < -0.39 is 17.9 Å². The van der Waals surface area contributed by atoms with Gasteiger partial charge in [-0.2, -0.15) is 5.26 Å². The highest BCUT2D eigenvalue weighted by Gasteiger charge is 2.22. The van der Waals surface area contributed by atoms with Crippen LogP contribution in [-0.4, -0.2) is 50.0 Å². The molecule has 2 amide bonds. The maximum atomic E-state index is 13.3. The summed E-state index contributed by atoms with van der Waals surface area (Å²) in [4.78, 5) is 41.0. The number of nitrogens with two attached hydrogens (primary N) is 2. The highest BCUT2D eigenvalue weighted by Crippen LogP contribution is 2.28. The third-order valence-electron chi connectivity index (χ3n) is 5.70. The molecule has 2 aromatic carbocycles. The van der Waals surface area contributed by atoms with Gasteiger partial charge in [-0.3, -0.25) is 14.4 Å². The van der Waals surface area contributed by atoms with Gasteiger partial charge in [-0.15, -0.1) is 0 Å². The Bertz CT molecular complexity index is 1500. The Morgan fingerprint density at radius 2 is 1.87 bits per heavy atom. The summed E-state index contributed by atoms with van der Waals surface area (Å²) in [5, 5.41) is 22.3. The van der Waals surface area contributed by atoms with Crippen LogP contribution >= 0.6 is 0 Å². The van der Waals surface area contributed by atoms with Gasteiger partial charge in [0, 0.05) is 24.2 Å². The minimum atomic E-state index is -0.887. The first-order valence-electron chi connectivity index (χ1n) is 11.7. The normalized spacial score (nSPS) is 11.6. The molecule has 194 valence electrons. The minimum absolute atomic E-state index is 0.00870. The Morgan fingerprint density at radius 3 is 2.61 bits per heavy atom. The molecule has 0 saturated heterocycles. The molecular weight excluding hydrogens is 490 g/mol. The Kier molecular flexibility index (Phi) is 8.04. The molecule has 0 radical (unpaired) electrons. The summed E-state index contributed by atoms with van der Waals surface area (Å²) in [5.74, 6) is -0.496. The number of carbonyl (C=O) groups excluding carboxylic acids is 3. The van der Waals surface area contributed by atoms with E-state index in [9.17, 15) is 14.4 Å². The van der Waals surface area contributed by atoms with Crippen molar-refractivity contribution in [1.29, 1.82) is 5.26 Å². The number of hydrogen-bond acceptors (Lipinski definition) is 10. The fourth-order valence-corrected chi connectivity index (χ4v) is 3.74. The van der Waals surface area contributed by atoms with Crippen LogP contribution < -0.4 is 22.1 Å². The molecule has 0 aliphatic heterocycles. The maximum Gasteiger partial charge on any atom is 0.241 e. The van der Waals surface area contributed by atoms with Crippen molar-refractivity contribution < 1.29 is 19.0 Å². The van der Waals surface area contributed by atoms with Gasteiger partial charge in [0.05, 0.1) is 36.1 Å². The first kappa shape index (κ1) is 26.0. The van der Waals surface area contributed by atoms with Gasteiger partial charge in [0.1, 0.15) is 0 Å². The van der Waals surface area contributed by atoms with Crippen LogP contribution in [0, 0.1) is 11.3 Å². The molecule has 0 bridgehead atoms. The number of aromatic nitrogens is 4. The van der Waals surface area contributed by atoms with Gasteiger partial charge in [0.25, 0.3) is 0 Å². The van der Waals surface area contributed by atoms with Gasteiger partial charge in [-0.05, 0) is 53.1 Å². The van der Waals surface area contributed by atoms with E-state index in [0.29, 0.717) is 40.6 Å². The Balaban J connectivity index is 1.53. The van der Waals surface area contributed by atoms with Crippen LogP contribution in [0.5, 0.6) is 0 Å². The molecule has 13 heteroatoms. The molecule has 2 aromatic heterocycles. The van der Waals surface area contributed by atoms with Crippen LogP contribution in [0.3, 0.4) is 0 Å². The van der Waals surface area contributed by atoms with Crippen molar-refractivity contribution >= 4 is 40.1 Å². The van der Waals surface area contributed by atoms with Crippen molar-refractivity contribution in [2.45, 2.75) is 31.8 Å². The number of primary amides is 1. The van der Waals surface area contributed by atoms with Gasteiger partial charge < -0.3 is 26.7 Å². The predicted octanol–water partition coefficient (Wildman–Crippen LogP) is 1.83. The van der Waals surface area contributed by atoms with Gasteiger partial charge in [-0.1, -0.05) is 12.1 Å². The smallest absolute Gasteiger partial charge is 0.241 e. The third-order valence-corrected chi connectivity index (χ3v) is 5.70. The number of nitriles is 1. The molecule has 0 saturated carbocycles. The zero-order valence-corrected chi connectivity index (χ0v) is 20.3. The Labute approximate surface area is 216 Å². The first-order chi connectivity index (χ1) is 18.4. The van der Waals surface area contributed by atoms with E-state index in [1.54, 1.807) is 28.8 Å². The number of Topliss-reactive ketones (excluding diaryl/α,β-unsaturated/α-hetero) is 1. The highest BCUT2D eigenvalue weighted by atomic mass is 16.6. The topological polar surface area (TPSA) is 208 Å². The number of carbonyl (C=O) groups is 3. The number of ketones is 1. The molecule has 4 aromatic rings. The van der Waals surface area contributed by atoms with Crippen LogP contribution in [0.25, 0.3) is 22.6 Å². The van der Waals surface area contributed by atoms with E-state index in [2.05, 4.69) is 25.9 Å². The molecule has 38 heavy (non-hydrogen) atoms. The summed E-state index contributed by atoms with van der Waals surface area (Å²) < 4.78 is 6.63. The molecule has 13 nitrogen and oxygen atoms in total. The second-order valence-corrected chi connectivity index (χ2v) is 8.41. The van der Waals surface area contributed by atoms with Crippen LogP contribution in [0.2, 0.25) is 0 Å². The van der Waals surface area contributed by atoms with Gasteiger partial charge in [0.15, 0.2) is 17.3 Å². The van der Waals surface area contributed by atoms with Crippen molar-refractivity contribution in [3.05, 3.63) is 54.1 Å². The van der Waals surface area contributed by atoms with E-state index in [1.165, 1.54) is 0 Å². The summed E-state index contributed by atoms with van der Waals surface area (Å²) in [7, 11) is 0. The molecule has 1 atom stereocenters. The molecule has 0 fully saturated rings. The third kappa shape index (κ3) is 6.00. The molecule has 6 N–H and O–H groups in total. The number of anilines is 2. The summed E-state index contributed by atoms with van der Waals surface area (Å²) in [6.45, 7) is 0.292. The SMILES string of the molecule is N#CCCNc1nonc1-c1nc2ccccc2n1CC(=O)c1ccc(NC(=O)[C@@H](N)CCC(N)=O)cc1. The lowest BCUT2D eigenvalue weighted by atomic mass is 10.1. The zero-order chi connectivity index (χ0) is 27.1. The second kappa shape index (κ2) is 11.8. The van der Waals surface area contributed by atoms with Crippen LogP contribution in [0.4, 0.5) is 11.5 Å². The number of nitrogens with zero attached hydrogens (tertiary/aromatic N) is 5. The number of imidazole rings is 1. The number of fused-ring (bicyclic) bond motifs is 1. The largest absolute Gasteiger partial charge is 0.370 e. The molecule has 2 heterocycles. The lowest BCUT2D eigenvalue weighted by molar-refractivity contribution is -0.119. The molecule has 0 spiro atoms. The van der Waals surface area contributed by atoms with Gasteiger partial charge in [0.2, 0.25) is 17.6 Å². The highest BCUT2D eigenvalue weighted by molar-refractivity contribution is 5.99. The average Bonchev–Trinajstić information content (AvgIpc) is 3.52. The van der Waals surface area contributed by atoms with Crippen molar-refractivity contribution in [3.8, 4) is 17.6 Å². The summed E-state index contributed by atoms with van der Waals surface area (Å²) in [6, 6.07) is 14.9. The zero-order valence-electron chi connectivity index (χ0n) is 20.3. The van der Waals surface area contributed by atoms with E-state index >= 15 is 0 Å². The fourth-order valence-electron chi connectivity index (χ4n) is 3.74. The number of benzene rings is 2. The maximum absolute atomic E-state index is 13.3. The standard InChI is InChI=1S/C25H25N9O4/c26-12-3-13-29-23-22(32-38-33-23)24-31-18-4-1-2-5-19(18)34(24)14-20(35)15-6-8-16(9-7-15)30-25(37)17(27)10-11-21(28)36/h1-2,4-9,17H,3,10-11,13-14,27H2,(H2,28,36)(H,29,33)(H,30,37)/t17-/m0/s1. The van der Waals surface area contributed by atoms with Gasteiger partial charge in [-0.25, -0.2) is 9.61 Å². The van der Waals surface area contributed by atoms with Crippen molar-refractivity contribution in [3.63, 3.8) is 0 Å². The van der Waals surface area contributed by atoms with Crippen molar-refractivity contribution in [1.82, 2.24) is 19.9 Å². The minimum Gasteiger partial charge on any atom is -0.370 e. The van der Waals surface area contributed by atoms with Crippen molar-refractivity contribution in [2.75, 3.05) is 17.2 Å². The Hall–Kier alpha value is -5.09.